The highest BCUT2D eigenvalue weighted by atomic mass is 32.2. The van der Waals surface area contributed by atoms with Crippen LogP contribution in [0, 0.1) is 0 Å². The summed E-state index contributed by atoms with van der Waals surface area (Å²) in [5.74, 6) is -0.131. The van der Waals surface area contributed by atoms with Gasteiger partial charge in [-0.3, -0.25) is 4.79 Å². The number of hydrogen-bond acceptors (Lipinski definition) is 3. The van der Waals surface area contributed by atoms with Gasteiger partial charge in [0, 0.05) is 24.8 Å². The van der Waals surface area contributed by atoms with Crippen molar-refractivity contribution in [1.29, 1.82) is 0 Å². The van der Waals surface area contributed by atoms with Crippen LogP contribution in [0.25, 0.3) is 0 Å². The maximum atomic E-state index is 12.7. The standard InChI is InChI=1S/C14H23N3O3S/c1-4-7-16(10(2)3)14(18)13-8-12(21(15,19)20)9-17(13)11-5-6-11/h8-11H,4-7H2,1-3H3,(H2,15,19,20). The van der Waals surface area contributed by atoms with Crippen molar-refractivity contribution in [3.8, 4) is 0 Å². The Morgan fingerprint density at radius 3 is 2.52 bits per heavy atom. The highest BCUT2D eigenvalue weighted by Crippen LogP contribution is 2.37. The number of carbonyl (C=O) groups excluding carboxylic acids is 1. The molecule has 1 aromatic heterocycles. The molecule has 2 N–H and O–H groups in total. The lowest BCUT2D eigenvalue weighted by Crippen LogP contribution is -2.38. The molecule has 1 saturated carbocycles. The second-order valence-corrected chi connectivity index (χ2v) is 7.40. The van der Waals surface area contributed by atoms with Crippen LogP contribution in [0.1, 0.15) is 56.6 Å². The molecule has 0 spiro atoms. The predicted octanol–water partition coefficient (Wildman–Crippen LogP) is 1.73. The Bertz CT molecular complexity index is 630. The summed E-state index contributed by atoms with van der Waals surface area (Å²) in [6.07, 6.45) is 4.28. The molecule has 2 rings (SSSR count). The van der Waals surface area contributed by atoms with Crippen molar-refractivity contribution in [1.82, 2.24) is 9.47 Å². The first-order chi connectivity index (χ1) is 9.75. The largest absolute Gasteiger partial charge is 0.339 e. The predicted molar refractivity (Wildman–Crippen MR) is 80.5 cm³/mol. The molecule has 1 aliphatic rings. The van der Waals surface area contributed by atoms with E-state index in [-0.39, 0.29) is 22.9 Å². The normalized spacial score (nSPS) is 15.5. The van der Waals surface area contributed by atoms with Gasteiger partial charge >= 0.3 is 0 Å². The maximum Gasteiger partial charge on any atom is 0.270 e. The Morgan fingerprint density at radius 1 is 1.48 bits per heavy atom. The average Bonchev–Trinajstić information content (AvgIpc) is 3.12. The van der Waals surface area contributed by atoms with Gasteiger partial charge in [-0.2, -0.15) is 0 Å². The molecule has 1 aliphatic carbocycles. The van der Waals surface area contributed by atoms with Crippen LogP contribution in [-0.4, -0.2) is 36.4 Å². The lowest BCUT2D eigenvalue weighted by molar-refractivity contribution is 0.0694. The summed E-state index contributed by atoms with van der Waals surface area (Å²) in [6.45, 7) is 6.58. The second kappa shape index (κ2) is 5.81. The molecule has 6 nitrogen and oxygen atoms in total. The summed E-state index contributed by atoms with van der Waals surface area (Å²) in [5, 5.41) is 5.19. The molecular weight excluding hydrogens is 290 g/mol. The summed E-state index contributed by atoms with van der Waals surface area (Å²) < 4.78 is 24.8. The smallest absolute Gasteiger partial charge is 0.270 e. The van der Waals surface area contributed by atoms with Gasteiger partial charge in [0.05, 0.1) is 0 Å². The first-order valence-electron chi connectivity index (χ1n) is 7.31. The van der Waals surface area contributed by atoms with Crippen LogP contribution in [0.5, 0.6) is 0 Å². The van der Waals surface area contributed by atoms with Crippen LogP contribution in [0.2, 0.25) is 0 Å². The average molecular weight is 313 g/mol. The van der Waals surface area contributed by atoms with E-state index in [1.54, 1.807) is 9.47 Å². The lowest BCUT2D eigenvalue weighted by atomic mass is 10.2. The minimum atomic E-state index is -3.79. The van der Waals surface area contributed by atoms with E-state index in [1.165, 1.54) is 12.3 Å². The first kappa shape index (κ1) is 16.0. The van der Waals surface area contributed by atoms with Gasteiger partial charge < -0.3 is 9.47 Å². The Balaban J connectivity index is 2.41. The van der Waals surface area contributed by atoms with Crippen LogP contribution >= 0.6 is 0 Å². The number of primary sulfonamides is 1. The fourth-order valence-corrected chi connectivity index (χ4v) is 2.95. The van der Waals surface area contributed by atoms with E-state index in [2.05, 4.69) is 0 Å². The van der Waals surface area contributed by atoms with Crippen LogP contribution in [0.15, 0.2) is 17.2 Å². The molecule has 1 fully saturated rings. The molecule has 0 radical (unpaired) electrons. The molecule has 1 amide bonds. The van der Waals surface area contributed by atoms with E-state index in [9.17, 15) is 13.2 Å². The van der Waals surface area contributed by atoms with Crippen molar-refractivity contribution in [2.75, 3.05) is 6.54 Å². The Labute approximate surface area is 126 Å². The fourth-order valence-electron chi connectivity index (χ4n) is 2.42. The van der Waals surface area contributed by atoms with Gasteiger partial charge in [-0.15, -0.1) is 0 Å². The van der Waals surface area contributed by atoms with E-state index in [0.29, 0.717) is 12.2 Å². The van der Waals surface area contributed by atoms with Crippen LogP contribution < -0.4 is 5.14 Å². The number of amides is 1. The number of carbonyl (C=O) groups is 1. The number of hydrogen-bond donors (Lipinski definition) is 1. The SMILES string of the molecule is CCCN(C(=O)c1cc(S(N)(=O)=O)cn1C1CC1)C(C)C. The summed E-state index contributed by atoms with van der Waals surface area (Å²) in [4.78, 5) is 14.5. The highest BCUT2D eigenvalue weighted by Gasteiger charge is 2.31. The van der Waals surface area contributed by atoms with E-state index in [0.717, 1.165) is 19.3 Å². The third kappa shape index (κ3) is 3.47. The van der Waals surface area contributed by atoms with Crippen molar-refractivity contribution in [3.63, 3.8) is 0 Å². The minimum absolute atomic E-state index is 0.0120. The van der Waals surface area contributed by atoms with Crippen LogP contribution in [-0.2, 0) is 10.0 Å². The van der Waals surface area contributed by atoms with Crippen LogP contribution in [0.4, 0.5) is 0 Å². The molecule has 0 bridgehead atoms. The van der Waals surface area contributed by atoms with Gasteiger partial charge in [-0.1, -0.05) is 6.92 Å². The Morgan fingerprint density at radius 2 is 2.10 bits per heavy atom. The number of aromatic nitrogens is 1. The van der Waals surface area contributed by atoms with E-state index in [1.807, 2.05) is 20.8 Å². The summed E-state index contributed by atoms with van der Waals surface area (Å²) >= 11 is 0. The topological polar surface area (TPSA) is 85.4 Å². The molecule has 1 aromatic rings. The molecule has 21 heavy (non-hydrogen) atoms. The van der Waals surface area contributed by atoms with Crippen molar-refractivity contribution >= 4 is 15.9 Å². The first-order valence-corrected chi connectivity index (χ1v) is 8.86. The van der Waals surface area contributed by atoms with Gasteiger partial charge in [-0.05, 0) is 39.2 Å². The van der Waals surface area contributed by atoms with Crippen LogP contribution in [0.3, 0.4) is 0 Å². The number of nitrogens with two attached hydrogens (primary N) is 1. The molecule has 7 heteroatoms. The summed E-state index contributed by atoms with van der Waals surface area (Å²) in [7, 11) is -3.79. The van der Waals surface area contributed by atoms with E-state index >= 15 is 0 Å². The third-order valence-corrected chi connectivity index (χ3v) is 4.54. The highest BCUT2D eigenvalue weighted by molar-refractivity contribution is 7.89. The molecule has 0 saturated heterocycles. The van der Waals surface area contributed by atoms with E-state index in [4.69, 9.17) is 5.14 Å². The minimum Gasteiger partial charge on any atom is -0.339 e. The zero-order valence-corrected chi connectivity index (χ0v) is 13.6. The zero-order valence-electron chi connectivity index (χ0n) is 12.7. The molecule has 0 unspecified atom stereocenters. The maximum absolute atomic E-state index is 12.7. The van der Waals surface area contributed by atoms with Gasteiger partial charge in [0.1, 0.15) is 10.6 Å². The van der Waals surface area contributed by atoms with Gasteiger partial charge in [0.2, 0.25) is 10.0 Å². The fraction of sp³-hybridized carbons (Fsp3) is 0.643. The molecule has 118 valence electrons. The number of sulfonamides is 1. The molecule has 1 heterocycles. The van der Waals surface area contributed by atoms with Gasteiger partial charge in [-0.25, -0.2) is 13.6 Å². The Kier molecular flexibility index (Phi) is 4.43. The van der Waals surface area contributed by atoms with Crippen molar-refractivity contribution < 1.29 is 13.2 Å². The number of nitrogens with zero attached hydrogens (tertiary/aromatic N) is 2. The Hall–Kier alpha value is -1.34. The van der Waals surface area contributed by atoms with Gasteiger partial charge in [0.15, 0.2) is 0 Å². The summed E-state index contributed by atoms with van der Waals surface area (Å²) in [6, 6.07) is 1.69. The third-order valence-electron chi connectivity index (χ3n) is 3.66. The quantitative estimate of drug-likeness (QED) is 0.868. The monoisotopic (exact) mass is 313 g/mol. The lowest BCUT2D eigenvalue weighted by Gasteiger charge is -2.26. The molecular formula is C14H23N3O3S. The van der Waals surface area contributed by atoms with Gasteiger partial charge in [0.25, 0.3) is 5.91 Å². The molecule has 0 aliphatic heterocycles. The van der Waals surface area contributed by atoms with Crippen molar-refractivity contribution in [2.45, 2.75) is 57.0 Å². The molecule has 0 aromatic carbocycles. The number of rotatable bonds is 6. The van der Waals surface area contributed by atoms with E-state index < -0.39 is 10.0 Å². The summed E-state index contributed by atoms with van der Waals surface area (Å²) in [5.41, 5.74) is 0.420. The van der Waals surface area contributed by atoms with Crippen molar-refractivity contribution in [2.24, 2.45) is 5.14 Å². The zero-order chi connectivity index (χ0) is 15.8. The second-order valence-electron chi connectivity index (χ2n) is 5.84. The molecule has 0 atom stereocenters. The van der Waals surface area contributed by atoms with Crippen molar-refractivity contribution in [3.05, 3.63) is 18.0 Å².